The monoisotopic (exact) mass is 346 g/mol. The van der Waals surface area contributed by atoms with Gasteiger partial charge in [-0.15, -0.1) is 0 Å². The molecule has 1 atom stereocenters. The molecular weight excluding hydrogens is 316 g/mol. The lowest BCUT2D eigenvalue weighted by Gasteiger charge is -2.19. The maximum Gasteiger partial charge on any atom is 0.163 e. The lowest BCUT2D eigenvalue weighted by Crippen LogP contribution is -2.26. The summed E-state index contributed by atoms with van der Waals surface area (Å²) in [7, 11) is 3.32. The number of nitrogens with two attached hydrogens (primary N) is 1. The standard InChI is InChI=1S/C19H30N4O2/c1-4-7-14(20)19-21-15-12-17(24-2)18(25-3)13-16(15)23(19)11-10-22-8-5-6-9-22/h12-14H,4-11,20H2,1-3H3. The van der Waals surface area contributed by atoms with E-state index in [0.29, 0.717) is 5.75 Å². The molecule has 1 aliphatic rings. The number of fused-ring (bicyclic) bond motifs is 1. The first-order valence-corrected chi connectivity index (χ1v) is 9.28. The zero-order valence-electron chi connectivity index (χ0n) is 15.6. The van der Waals surface area contributed by atoms with Crippen molar-refractivity contribution in [3.63, 3.8) is 0 Å². The molecule has 1 saturated heterocycles. The molecule has 2 N–H and O–H groups in total. The van der Waals surface area contributed by atoms with Crippen LogP contribution in [0, 0.1) is 0 Å². The van der Waals surface area contributed by atoms with Crippen molar-refractivity contribution < 1.29 is 9.47 Å². The number of rotatable bonds is 8. The number of imidazole rings is 1. The van der Waals surface area contributed by atoms with Gasteiger partial charge < -0.3 is 24.7 Å². The van der Waals surface area contributed by atoms with Gasteiger partial charge in [0.05, 0.1) is 31.3 Å². The third-order valence-electron chi connectivity index (χ3n) is 5.05. The van der Waals surface area contributed by atoms with E-state index < -0.39 is 0 Å². The summed E-state index contributed by atoms with van der Waals surface area (Å²) in [4.78, 5) is 7.36. The molecule has 1 aliphatic heterocycles. The average molecular weight is 346 g/mol. The van der Waals surface area contributed by atoms with Gasteiger partial charge in [-0.05, 0) is 32.4 Å². The van der Waals surface area contributed by atoms with Crippen LogP contribution in [0.1, 0.15) is 44.5 Å². The number of benzene rings is 1. The van der Waals surface area contributed by atoms with Crippen molar-refractivity contribution >= 4 is 11.0 Å². The van der Waals surface area contributed by atoms with Crippen LogP contribution in [0.25, 0.3) is 11.0 Å². The average Bonchev–Trinajstić information content (AvgIpc) is 3.26. The van der Waals surface area contributed by atoms with Crippen molar-refractivity contribution in [1.82, 2.24) is 14.5 Å². The van der Waals surface area contributed by atoms with Crippen LogP contribution in [-0.2, 0) is 6.54 Å². The Bertz CT molecular complexity index is 707. The van der Waals surface area contributed by atoms with E-state index in [1.807, 2.05) is 12.1 Å². The van der Waals surface area contributed by atoms with Crippen LogP contribution in [0.5, 0.6) is 11.5 Å². The normalized spacial score (nSPS) is 16.5. The highest BCUT2D eigenvalue weighted by atomic mass is 16.5. The summed E-state index contributed by atoms with van der Waals surface area (Å²) in [6, 6.07) is 3.92. The fourth-order valence-electron chi connectivity index (χ4n) is 3.68. The van der Waals surface area contributed by atoms with Crippen molar-refractivity contribution in [2.75, 3.05) is 33.9 Å². The highest BCUT2D eigenvalue weighted by Crippen LogP contribution is 2.33. The predicted molar refractivity (Wildman–Crippen MR) is 100 cm³/mol. The topological polar surface area (TPSA) is 65.5 Å². The minimum atomic E-state index is -0.0482. The van der Waals surface area contributed by atoms with Crippen molar-refractivity contribution in [3.8, 4) is 11.5 Å². The fourth-order valence-corrected chi connectivity index (χ4v) is 3.68. The molecule has 0 spiro atoms. The van der Waals surface area contributed by atoms with Crippen molar-refractivity contribution in [1.29, 1.82) is 0 Å². The molecule has 1 aromatic carbocycles. The number of hydrogen-bond donors (Lipinski definition) is 1. The van der Waals surface area contributed by atoms with Gasteiger partial charge in [-0.25, -0.2) is 4.98 Å². The molecule has 2 heterocycles. The molecule has 1 aromatic heterocycles. The Morgan fingerprint density at radius 2 is 1.80 bits per heavy atom. The molecule has 0 radical (unpaired) electrons. The Labute approximate surface area is 149 Å². The third kappa shape index (κ3) is 3.75. The van der Waals surface area contributed by atoms with E-state index >= 15 is 0 Å². The van der Waals surface area contributed by atoms with Gasteiger partial charge in [-0.3, -0.25) is 0 Å². The second kappa shape index (κ2) is 8.06. The summed E-state index contributed by atoms with van der Waals surface area (Å²) in [6.07, 6.45) is 4.58. The molecule has 0 saturated carbocycles. The van der Waals surface area contributed by atoms with Gasteiger partial charge in [0.1, 0.15) is 5.82 Å². The minimum Gasteiger partial charge on any atom is -0.493 e. The molecule has 6 heteroatoms. The van der Waals surface area contributed by atoms with Gasteiger partial charge in [-0.2, -0.15) is 0 Å². The van der Waals surface area contributed by atoms with E-state index in [0.717, 1.165) is 48.5 Å². The van der Waals surface area contributed by atoms with Gasteiger partial charge in [-0.1, -0.05) is 13.3 Å². The maximum atomic E-state index is 6.44. The molecule has 1 unspecified atom stereocenters. The van der Waals surface area contributed by atoms with Crippen LogP contribution in [-0.4, -0.2) is 48.3 Å². The predicted octanol–water partition coefficient (Wildman–Crippen LogP) is 2.95. The van der Waals surface area contributed by atoms with Crippen molar-refractivity contribution in [3.05, 3.63) is 18.0 Å². The molecule has 0 amide bonds. The number of likely N-dealkylation sites (tertiary alicyclic amines) is 1. The van der Waals surface area contributed by atoms with Crippen LogP contribution in [0.3, 0.4) is 0 Å². The summed E-state index contributed by atoms with van der Waals surface area (Å²) in [6.45, 7) is 6.48. The van der Waals surface area contributed by atoms with Crippen LogP contribution >= 0.6 is 0 Å². The van der Waals surface area contributed by atoms with Crippen LogP contribution in [0.4, 0.5) is 0 Å². The Morgan fingerprint density at radius 1 is 1.12 bits per heavy atom. The van der Waals surface area contributed by atoms with Gasteiger partial charge in [0, 0.05) is 25.2 Å². The van der Waals surface area contributed by atoms with E-state index in [4.69, 9.17) is 20.2 Å². The molecule has 6 nitrogen and oxygen atoms in total. The van der Waals surface area contributed by atoms with E-state index in [1.165, 1.54) is 25.9 Å². The Morgan fingerprint density at radius 3 is 2.44 bits per heavy atom. The molecule has 0 aliphatic carbocycles. The molecule has 1 fully saturated rings. The number of nitrogens with zero attached hydrogens (tertiary/aromatic N) is 3. The number of hydrogen-bond acceptors (Lipinski definition) is 5. The summed E-state index contributed by atoms with van der Waals surface area (Å²) >= 11 is 0. The first kappa shape index (κ1) is 18.0. The molecule has 25 heavy (non-hydrogen) atoms. The smallest absolute Gasteiger partial charge is 0.163 e. The molecule has 0 bridgehead atoms. The van der Waals surface area contributed by atoms with Crippen LogP contribution in [0.15, 0.2) is 12.1 Å². The first-order chi connectivity index (χ1) is 12.2. The lowest BCUT2D eigenvalue weighted by molar-refractivity contribution is 0.320. The molecule has 3 rings (SSSR count). The minimum absolute atomic E-state index is 0.0482. The zero-order chi connectivity index (χ0) is 17.8. The SMILES string of the molecule is CCCC(N)c1nc2cc(OC)c(OC)cc2n1CCN1CCCC1. The van der Waals surface area contributed by atoms with E-state index in [9.17, 15) is 0 Å². The molecular formula is C19H30N4O2. The van der Waals surface area contributed by atoms with Gasteiger partial charge in [0.15, 0.2) is 11.5 Å². The number of ether oxygens (including phenoxy) is 2. The van der Waals surface area contributed by atoms with Crippen molar-refractivity contribution in [2.45, 2.75) is 45.2 Å². The van der Waals surface area contributed by atoms with Crippen LogP contribution in [0.2, 0.25) is 0 Å². The van der Waals surface area contributed by atoms with Gasteiger partial charge in [0.25, 0.3) is 0 Å². The molecule has 2 aromatic rings. The van der Waals surface area contributed by atoms with Crippen LogP contribution < -0.4 is 15.2 Å². The largest absolute Gasteiger partial charge is 0.493 e. The second-order valence-electron chi connectivity index (χ2n) is 6.76. The fraction of sp³-hybridized carbons (Fsp3) is 0.632. The van der Waals surface area contributed by atoms with E-state index in [2.05, 4.69) is 16.4 Å². The lowest BCUT2D eigenvalue weighted by atomic mass is 10.1. The van der Waals surface area contributed by atoms with Gasteiger partial charge in [0.2, 0.25) is 0 Å². The second-order valence-corrected chi connectivity index (χ2v) is 6.76. The highest BCUT2D eigenvalue weighted by Gasteiger charge is 2.20. The van der Waals surface area contributed by atoms with E-state index in [1.54, 1.807) is 14.2 Å². The molecule has 138 valence electrons. The maximum absolute atomic E-state index is 6.44. The summed E-state index contributed by atoms with van der Waals surface area (Å²) in [5, 5.41) is 0. The Hall–Kier alpha value is -1.79. The first-order valence-electron chi connectivity index (χ1n) is 9.28. The quantitative estimate of drug-likeness (QED) is 0.796. The Balaban J connectivity index is 1.99. The van der Waals surface area contributed by atoms with Gasteiger partial charge >= 0.3 is 0 Å². The summed E-state index contributed by atoms with van der Waals surface area (Å²) in [5.74, 6) is 2.40. The number of aromatic nitrogens is 2. The summed E-state index contributed by atoms with van der Waals surface area (Å²) in [5.41, 5.74) is 8.42. The highest BCUT2D eigenvalue weighted by molar-refractivity contribution is 5.80. The van der Waals surface area contributed by atoms with Crippen molar-refractivity contribution in [2.24, 2.45) is 5.73 Å². The Kier molecular flexibility index (Phi) is 5.81. The third-order valence-corrected chi connectivity index (χ3v) is 5.05. The number of methoxy groups -OCH3 is 2. The van der Waals surface area contributed by atoms with E-state index in [-0.39, 0.29) is 6.04 Å². The summed E-state index contributed by atoms with van der Waals surface area (Å²) < 4.78 is 13.2. The zero-order valence-corrected chi connectivity index (χ0v) is 15.6.